The molecule has 0 spiro atoms. The van der Waals surface area contributed by atoms with Crippen molar-refractivity contribution in [1.82, 2.24) is 0 Å². The van der Waals surface area contributed by atoms with Gasteiger partial charge in [0.15, 0.2) is 0 Å². The van der Waals surface area contributed by atoms with Gasteiger partial charge >= 0.3 is 0 Å². The van der Waals surface area contributed by atoms with Crippen molar-refractivity contribution >= 4 is 0 Å². The number of allylic oxidation sites excluding steroid dienone is 8. The Morgan fingerprint density at radius 3 is 3.14 bits per heavy atom. The molecular weight excluding hydrogens is 175 g/mol. The van der Waals surface area contributed by atoms with Gasteiger partial charge in [0.1, 0.15) is 6.17 Å². The minimum Gasteiger partial charge on any atom is -0.238 e. The third-order valence-electron chi connectivity index (χ3n) is 2.71. The summed E-state index contributed by atoms with van der Waals surface area (Å²) in [5.74, 6) is 0.619. The molecule has 2 rings (SSSR count). The lowest BCUT2D eigenvalue weighted by atomic mass is 9.96. The Bertz CT molecular complexity index is 331. The molecule has 0 heterocycles. The van der Waals surface area contributed by atoms with Crippen molar-refractivity contribution in [3.05, 3.63) is 47.6 Å². The van der Waals surface area contributed by atoms with Crippen LogP contribution in [0.5, 0.6) is 0 Å². The van der Waals surface area contributed by atoms with Crippen LogP contribution < -0.4 is 0 Å². The molecule has 0 N–H and O–H groups in total. The van der Waals surface area contributed by atoms with E-state index in [-0.39, 0.29) is 0 Å². The van der Waals surface area contributed by atoms with Crippen molar-refractivity contribution < 1.29 is 4.39 Å². The van der Waals surface area contributed by atoms with E-state index in [1.807, 2.05) is 12.2 Å². The maximum atomic E-state index is 13.3. The summed E-state index contributed by atoms with van der Waals surface area (Å²) in [5.41, 5.74) is 2.33. The highest BCUT2D eigenvalue weighted by Crippen LogP contribution is 2.28. The zero-order chi connectivity index (χ0) is 9.97. The van der Waals surface area contributed by atoms with E-state index in [4.69, 9.17) is 0 Å². The Kier molecular flexibility index (Phi) is 2.67. The molecule has 2 atom stereocenters. The second-order valence-corrected chi connectivity index (χ2v) is 4.09. The molecule has 0 nitrogen and oxygen atoms in total. The average molecular weight is 190 g/mol. The van der Waals surface area contributed by atoms with E-state index in [9.17, 15) is 4.39 Å². The monoisotopic (exact) mass is 190 g/mol. The number of fused-ring (bicyclic) bond motifs is 1. The van der Waals surface area contributed by atoms with Gasteiger partial charge in [-0.3, -0.25) is 0 Å². The normalized spacial score (nSPS) is 31.3. The standard InChI is InChI=1S/C13H15F/c1-10-4-2-5-11-6-3-7-13(14)9-12(11)8-10/h2-3,5-7,9-10,13H,4,8H2,1H3/t10-,13?/m1/s1. The molecule has 0 saturated carbocycles. The first kappa shape index (κ1) is 9.45. The lowest BCUT2D eigenvalue weighted by Crippen LogP contribution is -1.97. The lowest BCUT2D eigenvalue weighted by molar-refractivity contribution is 0.465. The molecule has 0 radical (unpaired) electrons. The van der Waals surface area contributed by atoms with Gasteiger partial charge in [0.05, 0.1) is 0 Å². The van der Waals surface area contributed by atoms with Crippen LogP contribution in [0.25, 0.3) is 0 Å². The molecule has 0 aromatic rings. The summed E-state index contributed by atoms with van der Waals surface area (Å²) >= 11 is 0. The summed E-state index contributed by atoms with van der Waals surface area (Å²) in [4.78, 5) is 0. The van der Waals surface area contributed by atoms with Crippen LogP contribution in [0.2, 0.25) is 0 Å². The van der Waals surface area contributed by atoms with Gasteiger partial charge in [0, 0.05) is 0 Å². The van der Waals surface area contributed by atoms with E-state index in [2.05, 4.69) is 19.1 Å². The Labute approximate surface area is 84.5 Å². The van der Waals surface area contributed by atoms with Gasteiger partial charge in [0.25, 0.3) is 0 Å². The summed E-state index contributed by atoms with van der Waals surface area (Å²) in [6.07, 6.45) is 12.6. The summed E-state index contributed by atoms with van der Waals surface area (Å²) in [5, 5.41) is 0. The summed E-state index contributed by atoms with van der Waals surface area (Å²) in [6, 6.07) is 0. The number of rotatable bonds is 0. The van der Waals surface area contributed by atoms with E-state index in [1.54, 1.807) is 12.2 Å². The van der Waals surface area contributed by atoms with Gasteiger partial charge in [-0.25, -0.2) is 4.39 Å². The van der Waals surface area contributed by atoms with Gasteiger partial charge < -0.3 is 0 Å². The van der Waals surface area contributed by atoms with Gasteiger partial charge in [-0.2, -0.15) is 0 Å². The van der Waals surface area contributed by atoms with E-state index >= 15 is 0 Å². The first-order valence-electron chi connectivity index (χ1n) is 5.16. The zero-order valence-corrected chi connectivity index (χ0v) is 8.41. The molecule has 0 aromatic heterocycles. The molecule has 2 aliphatic carbocycles. The maximum absolute atomic E-state index is 13.3. The van der Waals surface area contributed by atoms with Crippen molar-refractivity contribution in [3.8, 4) is 0 Å². The molecule has 0 saturated heterocycles. The van der Waals surface area contributed by atoms with Crippen LogP contribution >= 0.6 is 0 Å². The van der Waals surface area contributed by atoms with Crippen molar-refractivity contribution in [1.29, 1.82) is 0 Å². The van der Waals surface area contributed by atoms with Crippen LogP contribution in [0.15, 0.2) is 47.6 Å². The molecule has 0 bridgehead atoms. The Balaban J connectivity index is 2.34. The first-order valence-corrected chi connectivity index (χ1v) is 5.16. The quantitative estimate of drug-likeness (QED) is 0.546. The van der Waals surface area contributed by atoms with Crippen molar-refractivity contribution in [2.75, 3.05) is 0 Å². The summed E-state index contributed by atoms with van der Waals surface area (Å²) < 4.78 is 13.3. The third-order valence-corrected chi connectivity index (χ3v) is 2.71. The molecule has 0 fully saturated rings. The van der Waals surface area contributed by atoms with Crippen LogP contribution in [0.4, 0.5) is 4.39 Å². The van der Waals surface area contributed by atoms with Crippen LogP contribution in [0.3, 0.4) is 0 Å². The smallest absolute Gasteiger partial charge is 0.137 e. The zero-order valence-electron chi connectivity index (χ0n) is 8.41. The highest BCUT2D eigenvalue weighted by Gasteiger charge is 2.14. The third kappa shape index (κ3) is 2.03. The fraction of sp³-hybridized carbons (Fsp3) is 0.385. The average Bonchev–Trinajstić information content (AvgIpc) is 2.37. The molecule has 14 heavy (non-hydrogen) atoms. The Hall–Kier alpha value is -1.11. The van der Waals surface area contributed by atoms with E-state index in [0.29, 0.717) is 5.92 Å². The summed E-state index contributed by atoms with van der Waals surface area (Å²) in [7, 11) is 0. The SMILES string of the molecule is C[C@@H]1CC=CC2=CC=CC(F)C=C2C1. The minimum absolute atomic E-state index is 0.619. The van der Waals surface area contributed by atoms with Crippen molar-refractivity contribution in [2.24, 2.45) is 5.92 Å². The van der Waals surface area contributed by atoms with Gasteiger partial charge in [-0.05, 0) is 42.1 Å². The first-order chi connectivity index (χ1) is 6.75. The van der Waals surface area contributed by atoms with Gasteiger partial charge in [-0.15, -0.1) is 0 Å². The number of alkyl halides is 1. The molecule has 2 aliphatic rings. The second-order valence-electron chi connectivity index (χ2n) is 4.09. The predicted molar refractivity (Wildman–Crippen MR) is 57.7 cm³/mol. The van der Waals surface area contributed by atoms with Crippen LogP contribution in [-0.2, 0) is 0 Å². The highest BCUT2D eigenvalue weighted by molar-refractivity contribution is 5.46. The molecule has 74 valence electrons. The minimum atomic E-state index is -0.919. The maximum Gasteiger partial charge on any atom is 0.137 e. The predicted octanol–water partition coefficient (Wildman–Crippen LogP) is 3.73. The van der Waals surface area contributed by atoms with Crippen LogP contribution in [0, 0.1) is 5.92 Å². The molecule has 1 unspecified atom stereocenters. The highest BCUT2D eigenvalue weighted by atomic mass is 19.1. The molecular formula is C13H15F. The van der Waals surface area contributed by atoms with Crippen LogP contribution in [0.1, 0.15) is 19.8 Å². The molecule has 0 amide bonds. The van der Waals surface area contributed by atoms with Gasteiger partial charge in [-0.1, -0.05) is 31.2 Å². The number of hydrogen-bond acceptors (Lipinski definition) is 0. The second kappa shape index (κ2) is 3.95. The summed E-state index contributed by atoms with van der Waals surface area (Å²) in [6.45, 7) is 2.21. The molecule has 1 heteroatoms. The Morgan fingerprint density at radius 1 is 1.43 bits per heavy atom. The largest absolute Gasteiger partial charge is 0.238 e. The molecule has 0 aromatic carbocycles. The van der Waals surface area contributed by atoms with E-state index in [0.717, 1.165) is 18.4 Å². The van der Waals surface area contributed by atoms with Crippen LogP contribution in [-0.4, -0.2) is 6.17 Å². The van der Waals surface area contributed by atoms with E-state index in [1.165, 1.54) is 5.57 Å². The number of halogens is 1. The Morgan fingerprint density at radius 2 is 2.29 bits per heavy atom. The molecule has 0 aliphatic heterocycles. The van der Waals surface area contributed by atoms with E-state index < -0.39 is 6.17 Å². The van der Waals surface area contributed by atoms with Crippen molar-refractivity contribution in [2.45, 2.75) is 25.9 Å². The fourth-order valence-corrected chi connectivity index (χ4v) is 1.95. The van der Waals surface area contributed by atoms with Gasteiger partial charge in [0.2, 0.25) is 0 Å². The topological polar surface area (TPSA) is 0 Å². The number of hydrogen-bond donors (Lipinski definition) is 0. The van der Waals surface area contributed by atoms with Crippen molar-refractivity contribution in [3.63, 3.8) is 0 Å². The fourth-order valence-electron chi connectivity index (χ4n) is 1.95. The lowest BCUT2D eigenvalue weighted by Gasteiger charge is -2.09.